The highest BCUT2D eigenvalue weighted by molar-refractivity contribution is 7.89. The topological polar surface area (TPSA) is 66.4 Å². The van der Waals surface area contributed by atoms with Gasteiger partial charge in [-0.2, -0.15) is 0 Å². The number of hydrogen-bond acceptors (Lipinski definition) is 4. The number of hydrogen-bond donors (Lipinski definition) is 2. The molecule has 1 heterocycles. The Hall–Kier alpha value is -0.430. The average Bonchev–Trinajstić information content (AvgIpc) is 2.69. The van der Waals surface area contributed by atoms with E-state index in [1.54, 1.807) is 6.07 Å². The maximum absolute atomic E-state index is 12.4. The number of aryl methyl sites for hydroxylation is 2. The molecule has 2 atom stereocenters. The van der Waals surface area contributed by atoms with Gasteiger partial charge in [0.25, 0.3) is 0 Å². The van der Waals surface area contributed by atoms with Gasteiger partial charge in [-0.25, -0.2) is 13.1 Å². The normalized spacial score (nSPS) is 24.6. The highest BCUT2D eigenvalue weighted by Gasteiger charge is 2.30. The van der Waals surface area contributed by atoms with E-state index in [4.69, 9.17) is 0 Å². The van der Waals surface area contributed by atoms with Crippen LogP contribution in [0.15, 0.2) is 11.0 Å². The Labute approximate surface area is 118 Å². The van der Waals surface area contributed by atoms with Crippen molar-refractivity contribution in [1.82, 2.24) is 4.72 Å². The average molecular weight is 303 g/mol. The quantitative estimate of drug-likeness (QED) is 0.896. The van der Waals surface area contributed by atoms with Gasteiger partial charge in [-0.3, -0.25) is 0 Å². The molecule has 1 aliphatic rings. The maximum Gasteiger partial charge on any atom is 0.241 e. The first kappa shape index (κ1) is 15.0. The van der Waals surface area contributed by atoms with Gasteiger partial charge in [-0.15, -0.1) is 11.3 Å². The van der Waals surface area contributed by atoms with Crippen molar-refractivity contribution in [2.24, 2.45) is 5.92 Å². The Morgan fingerprint density at radius 2 is 2.05 bits per heavy atom. The summed E-state index contributed by atoms with van der Waals surface area (Å²) in [6.45, 7) is 3.79. The van der Waals surface area contributed by atoms with E-state index in [0.717, 1.165) is 35.4 Å². The Bertz CT molecular complexity index is 536. The molecule has 0 aromatic carbocycles. The minimum atomic E-state index is -3.46. The van der Waals surface area contributed by atoms with Crippen LogP contribution in [-0.2, 0) is 10.0 Å². The zero-order chi connectivity index (χ0) is 14.0. The van der Waals surface area contributed by atoms with Crippen LogP contribution in [0, 0.1) is 19.8 Å². The Balaban J connectivity index is 2.19. The summed E-state index contributed by atoms with van der Waals surface area (Å²) < 4.78 is 27.6. The number of aliphatic hydroxyl groups excluding tert-OH is 1. The molecular formula is C13H21NO3S2. The fraction of sp³-hybridized carbons (Fsp3) is 0.692. The van der Waals surface area contributed by atoms with E-state index in [1.807, 2.05) is 13.8 Å². The molecule has 108 valence electrons. The molecule has 0 aliphatic heterocycles. The Morgan fingerprint density at radius 1 is 1.37 bits per heavy atom. The predicted octanol–water partition coefficient (Wildman–Crippen LogP) is 2.19. The van der Waals surface area contributed by atoms with Gasteiger partial charge in [-0.05, 0) is 38.7 Å². The second-order valence-electron chi connectivity index (χ2n) is 5.23. The van der Waals surface area contributed by atoms with E-state index in [9.17, 15) is 13.5 Å². The fourth-order valence-corrected chi connectivity index (χ4v) is 5.61. The van der Waals surface area contributed by atoms with Crippen molar-refractivity contribution in [3.63, 3.8) is 0 Å². The first-order chi connectivity index (χ1) is 8.94. The minimum Gasteiger partial charge on any atom is -0.396 e. The summed E-state index contributed by atoms with van der Waals surface area (Å²) in [4.78, 5) is 2.21. The van der Waals surface area contributed by atoms with Crippen LogP contribution in [0.1, 0.15) is 35.4 Å². The highest BCUT2D eigenvalue weighted by Crippen LogP contribution is 2.28. The molecule has 0 saturated heterocycles. The molecule has 2 rings (SSSR count). The Kier molecular flexibility index (Phi) is 4.66. The number of thiophene rings is 1. The zero-order valence-electron chi connectivity index (χ0n) is 11.3. The van der Waals surface area contributed by atoms with Crippen LogP contribution in [0.5, 0.6) is 0 Å². The van der Waals surface area contributed by atoms with Gasteiger partial charge < -0.3 is 5.11 Å². The third-order valence-electron chi connectivity index (χ3n) is 3.74. The molecule has 6 heteroatoms. The number of sulfonamides is 1. The van der Waals surface area contributed by atoms with E-state index in [1.165, 1.54) is 11.3 Å². The lowest BCUT2D eigenvalue weighted by Gasteiger charge is -2.30. The van der Waals surface area contributed by atoms with E-state index in [0.29, 0.717) is 4.90 Å². The molecule has 0 unspecified atom stereocenters. The van der Waals surface area contributed by atoms with Crippen molar-refractivity contribution >= 4 is 21.4 Å². The lowest BCUT2D eigenvalue weighted by molar-refractivity contribution is 0.164. The largest absolute Gasteiger partial charge is 0.396 e. The van der Waals surface area contributed by atoms with Gasteiger partial charge in [-0.1, -0.05) is 12.8 Å². The third kappa shape index (κ3) is 3.37. The first-order valence-corrected chi connectivity index (χ1v) is 8.94. The summed E-state index contributed by atoms with van der Waals surface area (Å²) in [7, 11) is -3.46. The molecule has 1 aliphatic carbocycles. The van der Waals surface area contributed by atoms with Crippen LogP contribution in [0.3, 0.4) is 0 Å². The first-order valence-electron chi connectivity index (χ1n) is 6.64. The highest BCUT2D eigenvalue weighted by atomic mass is 32.2. The van der Waals surface area contributed by atoms with E-state index in [-0.39, 0.29) is 18.6 Å². The van der Waals surface area contributed by atoms with E-state index < -0.39 is 10.0 Å². The molecule has 2 N–H and O–H groups in total. The molecule has 1 aromatic heterocycles. The van der Waals surface area contributed by atoms with Crippen molar-refractivity contribution in [2.75, 3.05) is 6.61 Å². The summed E-state index contributed by atoms with van der Waals surface area (Å²) in [6.07, 6.45) is 3.79. The van der Waals surface area contributed by atoms with Gasteiger partial charge in [0.15, 0.2) is 0 Å². The summed E-state index contributed by atoms with van der Waals surface area (Å²) in [6, 6.07) is 1.59. The van der Waals surface area contributed by atoms with Crippen molar-refractivity contribution in [1.29, 1.82) is 0 Å². The maximum atomic E-state index is 12.4. The SMILES string of the molecule is Cc1cc(S(=O)(=O)N[C@@H]2CCCC[C@H]2CO)c(C)s1. The molecule has 4 nitrogen and oxygen atoms in total. The minimum absolute atomic E-state index is 0.0450. The summed E-state index contributed by atoms with van der Waals surface area (Å²) in [5.74, 6) is 0.0450. The van der Waals surface area contributed by atoms with Crippen LogP contribution in [0.25, 0.3) is 0 Å². The monoisotopic (exact) mass is 303 g/mol. The summed E-state index contributed by atoms with van der Waals surface area (Å²) >= 11 is 1.50. The van der Waals surface area contributed by atoms with Crippen LogP contribution >= 0.6 is 11.3 Å². The van der Waals surface area contributed by atoms with E-state index >= 15 is 0 Å². The predicted molar refractivity (Wildman–Crippen MR) is 76.9 cm³/mol. The van der Waals surface area contributed by atoms with Crippen molar-refractivity contribution in [3.05, 3.63) is 15.8 Å². The number of aliphatic hydroxyl groups is 1. The lowest BCUT2D eigenvalue weighted by Crippen LogP contribution is -2.43. The van der Waals surface area contributed by atoms with Crippen molar-refractivity contribution in [2.45, 2.75) is 50.5 Å². The molecule has 1 aromatic rings. The summed E-state index contributed by atoms with van der Waals surface area (Å²) in [5.41, 5.74) is 0. The van der Waals surface area contributed by atoms with Crippen LogP contribution < -0.4 is 4.72 Å². The molecule has 0 radical (unpaired) electrons. The molecular weight excluding hydrogens is 282 g/mol. The van der Waals surface area contributed by atoms with Crippen LogP contribution in [0.2, 0.25) is 0 Å². The fourth-order valence-electron chi connectivity index (χ4n) is 2.72. The zero-order valence-corrected chi connectivity index (χ0v) is 13.0. The van der Waals surface area contributed by atoms with Gasteiger partial charge in [0, 0.05) is 22.4 Å². The second-order valence-corrected chi connectivity index (χ2v) is 8.38. The number of nitrogens with one attached hydrogen (secondary N) is 1. The van der Waals surface area contributed by atoms with Gasteiger partial charge >= 0.3 is 0 Å². The smallest absolute Gasteiger partial charge is 0.241 e. The number of rotatable bonds is 4. The lowest BCUT2D eigenvalue weighted by atomic mass is 9.86. The molecule has 1 fully saturated rings. The van der Waals surface area contributed by atoms with Gasteiger partial charge in [0.1, 0.15) is 0 Å². The van der Waals surface area contributed by atoms with Gasteiger partial charge in [0.2, 0.25) is 10.0 Å². The van der Waals surface area contributed by atoms with E-state index in [2.05, 4.69) is 4.72 Å². The van der Waals surface area contributed by atoms with Crippen LogP contribution in [0.4, 0.5) is 0 Å². The van der Waals surface area contributed by atoms with Crippen molar-refractivity contribution in [3.8, 4) is 0 Å². The molecule has 0 amide bonds. The second kappa shape index (κ2) is 5.91. The summed E-state index contributed by atoms with van der Waals surface area (Å²) in [5, 5.41) is 9.35. The van der Waals surface area contributed by atoms with Gasteiger partial charge in [0.05, 0.1) is 4.90 Å². The van der Waals surface area contributed by atoms with Crippen LogP contribution in [-0.4, -0.2) is 26.2 Å². The standard InChI is InChI=1S/C13H21NO3S2/c1-9-7-13(10(2)18-9)19(16,17)14-12-6-4-3-5-11(12)8-15/h7,11-12,14-15H,3-6,8H2,1-2H3/t11-,12+/m0/s1. The molecule has 1 saturated carbocycles. The molecule has 19 heavy (non-hydrogen) atoms. The molecule has 0 spiro atoms. The third-order valence-corrected chi connectivity index (χ3v) is 6.45. The van der Waals surface area contributed by atoms with Crippen molar-refractivity contribution < 1.29 is 13.5 Å². The molecule has 0 bridgehead atoms. The Morgan fingerprint density at radius 3 is 2.63 bits per heavy atom.